The molecule has 1 saturated carbocycles. The maximum atomic E-state index is 13.8. The van der Waals surface area contributed by atoms with Crippen LogP contribution < -0.4 is 15.4 Å². The Kier molecular flexibility index (Phi) is 6.94. The summed E-state index contributed by atoms with van der Waals surface area (Å²) in [6.45, 7) is 3.55. The van der Waals surface area contributed by atoms with Crippen molar-refractivity contribution in [3.8, 4) is 5.75 Å². The summed E-state index contributed by atoms with van der Waals surface area (Å²) in [5.74, 6) is -0.994. The Morgan fingerprint density at radius 1 is 1.26 bits per heavy atom. The minimum absolute atomic E-state index is 0.00328. The number of H-pyrrole nitrogens is 1. The third kappa shape index (κ3) is 4.77. The first-order valence-corrected chi connectivity index (χ1v) is 13.3. The quantitative estimate of drug-likeness (QED) is 0.415. The lowest BCUT2D eigenvalue weighted by Crippen LogP contribution is -2.53. The third-order valence-electron chi connectivity index (χ3n) is 8.46. The summed E-state index contributed by atoms with van der Waals surface area (Å²) in [6.07, 6.45) is 3.39. The van der Waals surface area contributed by atoms with Crippen molar-refractivity contribution in [2.75, 3.05) is 20.3 Å². The van der Waals surface area contributed by atoms with E-state index in [-0.39, 0.29) is 30.1 Å². The number of benzene rings is 1. The van der Waals surface area contributed by atoms with E-state index in [0.717, 1.165) is 30.2 Å². The second-order valence-corrected chi connectivity index (χ2v) is 11.6. The van der Waals surface area contributed by atoms with Crippen molar-refractivity contribution in [2.24, 2.45) is 17.8 Å². The molecular weight excluding hydrogens is 488 g/mol. The highest BCUT2D eigenvalue weighted by atomic mass is 16.5. The van der Waals surface area contributed by atoms with Crippen molar-refractivity contribution in [2.45, 2.75) is 63.6 Å². The highest BCUT2D eigenvalue weighted by Crippen LogP contribution is 2.43. The summed E-state index contributed by atoms with van der Waals surface area (Å²) >= 11 is 0. The number of likely N-dealkylation sites (tertiary alicyclic amines) is 1. The number of aliphatic hydroxyl groups is 1. The number of nitrogens with one attached hydrogen (secondary N) is 3. The van der Waals surface area contributed by atoms with Crippen LogP contribution in [0.15, 0.2) is 24.3 Å². The van der Waals surface area contributed by atoms with E-state index in [1.807, 2.05) is 32.0 Å². The molecule has 10 nitrogen and oxygen atoms in total. The van der Waals surface area contributed by atoms with Gasteiger partial charge < -0.3 is 30.4 Å². The summed E-state index contributed by atoms with van der Waals surface area (Å²) in [5, 5.41) is 16.1. The molecule has 10 heteroatoms. The van der Waals surface area contributed by atoms with Gasteiger partial charge in [-0.05, 0) is 69.6 Å². The maximum absolute atomic E-state index is 13.8. The molecule has 1 aromatic carbocycles. The molecule has 2 aromatic rings. The molecule has 0 bridgehead atoms. The average molecular weight is 525 g/mol. The lowest BCUT2D eigenvalue weighted by molar-refractivity contribution is -0.133. The molecule has 2 aliphatic heterocycles. The van der Waals surface area contributed by atoms with Crippen LogP contribution in [-0.4, -0.2) is 76.4 Å². The lowest BCUT2D eigenvalue weighted by atomic mass is 9.89. The first-order valence-electron chi connectivity index (χ1n) is 13.3. The van der Waals surface area contributed by atoms with Crippen LogP contribution in [0.25, 0.3) is 10.9 Å². The molecule has 1 aromatic heterocycles. The minimum Gasteiger partial charge on any atom is -0.496 e. The SMILES string of the molecule is COc1cccc2[nH]c(C(=O)N3C[C@@H]4CCC[C@@H]4[C@H]3C(=O)N[C@@H](C[C@@H]3CC(C)(C)NC3=O)C(=O)CO)cc12. The Morgan fingerprint density at radius 3 is 2.74 bits per heavy atom. The predicted octanol–water partition coefficient (Wildman–Crippen LogP) is 1.77. The maximum Gasteiger partial charge on any atom is 0.271 e. The van der Waals surface area contributed by atoms with Gasteiger partial charge in [0, 0.05) is 28.9 Å². The van der Waals surface area contributed by atoms with Crippen molar-refractivity contribution >= 4 is 34.4 Å². The molecule has 0 radical (unpaired) electrons. The standard InChI is InChI=1S/C28H36N4O6/c1-28(2)12-16(25(35)31-28)10-20(22(34)14-33)30-26(36)24-17-7-4-6-15(17)13-32(24)27(37)21-11-18-19(29-21)8-5-9-23(18)38-3/h5,8-9,11,15-17,20,24,29,33H,4,6-7,10,12-14H2,1-3H3,(H,30,36)(H,31,35)/t15-,16+,17-,20-,24-/m0/s1. The van der Waals surface area contributed by atoms with Gasteiger partial charge >= 0.3 is 0 Å². The van der Waals surface area contributed by atoms with Crippen LogP contribution in [0, 0.1) is 17.8 Å². The molecule has 3 amide bonds. The number of Topliss-reactive ketones (excluding diaryl/α,β-unsaturated/α-hetero) is 1. The van der Waals surface area contributed by atoms with Crippen LogP contribution in [0.1, 0.15) is 56.4 Å². The summed E-state index contributed by atoms with van der Waals surface area (Å²) in [4.78, 5) is 57.4. The van der Waals surface area contributed by atoms with Crippen molar-refractivity contribution in [1.82, 2.24) is 20.5 Å². The van der Waals surface area contributed by atoms with E-state index in [2.05, 4.69) is 15.6 Å². The summed E-state index contributed by atoms with van der Waals surface area (Å²) in [7, 11) is 1.57. The number of carbonyl (C=O) groups excluding carboxylic acids is 4. The van der Waals surface area contributed by atoms with E-state index >= 15 is 0 Å². The number of carbonyl (C=O) groups is 4. The number of ether oxygens (including phenoxy) is 1. The highest BCUT2D eigenvalue weighted by molar-refractivity contribution is 6.02. The second kappa shape index (κ2) is 10.1. The van der Waals surface area contributed by atoms with Crippen LogP contribution in [0.2, 0.25) is 0 Å². The van der Waals surface area contributed by atoms with E-state index in [9.17, 15) is 24.3 Å². The first-order chi connectivity index (χ1) is 18.1. The van der Waals surface area contributed by atoms with E-state index < -0.39 is 41.8 Å². The molecule has 3 fully saturated rings. The van der Waals surface area contributed by atoms with Crippen molar-refractivity contribution in [3.05, 3.63) is 30.0 Å². The van der Waals surface area contributed by atoms with Crippen LogP contribution in [0.3, 0.4) is 0 Å². The number of methoxy groups -OCH3 is 1. The Bertz CT molecular complexity index is 1270. The van der Waals surface area contributed by atoms with E-state index in [1.54, 1.807) is 18.1 Å². The fourth-order valence-corrected chi connectivity index (χ4v) is 6.73. The number of hydrogen-bond donors (Lipinski definition) is 4. The van der Waals surface area contributed by atoms with Gasteiger partial charge in [0.2, 0.25) is 11.8 Å². The van der Waals surface area contributed by atoms with E-state index in [4.69, 9.17) is 4.74 Å². The van der Waals surface area contributed by atoms with Gasteiger partial charge in [-0.15, -0.1) is 0 Å². The van der Waals surface area contributed by atoms with Crippen LogP contribution in [0.4, 0.5) is 0 Å². The predicted molar refractivity (Wildman–Crippen MR) is 139 cm³/mol. The number of amides is 3. The summed E-state index contributed by atoms with van der Waals surface area (Å²) in [6, 6.07) is 5.54. The van der Waals surface area contributed by atoms with Gasteiger partial charge in [-0.3, -0.25) is 19.2 Å². The Labute approximate surface area is 221 Å². The highest BCUT2D eigenvalue weighted by Gasteiger charge is 2.50. The number of rotatable bonds is 8. The van der Waals surface area contributed by atoms with Gasteiger partial charge in [-0.1, -0.05) is 12.5 Å². The van der Waals surface area contributed by atoms with Crippen LogP contribution in [-0.2, 0) is 14.4 Å². The number of aromatic nitrogens is 1. The molecule has 4 N–H and O–H groups in total. The Balaban J connectivity index is 1.38. The number of ketones is 1. The molecule has 2 saturated heterocycles. The Morgan fingerprint density at radius 2 is 2.05 bits per heavy atom. The van der Waals surface area contributed by atoms with Crippen molar-refractivity contribution in [3.63, 3.8) is 0 Å². The molecule has 3 aliphatic rings. The van der Waals surface area contributed by atoms with Crippen molar-refractivity contribution < 1.29 is 29.0 Å². The number of aromatic amines is 1. The molecular formula is C28H36N4O6. The lowest BCUT2D eigenvalue weighted by Gasteiger charge is -2.29. The molecule has 38 heavy (non-hydrogen) atoms. The van der Waals surface area contributed by atoms with Crippen LogP contribution in [0.5, 0.6) is 5.75 Å². The first kappa shape index (κ1) is 26.2. The second-order valence-electron chi connectivity index (χ2n) is 11.6. The molecule has 5 atom stereocenters. The Hall–Kier alpha value is -3.40. The van der Waals surface area contributed by atoms with Gasteiger partial charge in [0.1, 0.15) is 24.1 Å². The zero-order valence-electron chi connectivity index (χ0n) is 22.1. The van der Waals surface area contributed by atoms with Crippen molar-refractivity contribution in [1.29, 1.82) is 0 Å². The summed E-state index contributed by atoms with van der Waals surface area (Å²) < 4.78 is 5.43. The van der Waals surface area contributed by atoms with Crippen LogP contribution >= 0.6 is 0 Å². The number of fused-ring (bicyclic) bond motifs is 2. The fraction of sp³-hybridized carbons (Fsp3) is 0.571. The van der Waals surface area contributed by atoms with Gasteiger partial charge in [0.05, 0.1) is 13.2 Å². The summed E-state index contributed by atoms with van der Waals surface area (Å²) in [5.41, 5.74) is 0.738. The zero-order chi connectivity index (χ0) is 27.2. The molecule has 0 spiro atoms. The van der Waals surface area contributed by atoms with E-state index in [0.29, 0.717) is 24.4 Å². The largest absolute Gasteiger partial charge is 0.496 e. The van der Waals surface area contributed by atoms with Gasteiger partial charge in [-0.2, -0.15) is 0 Å². The molecule has 204 valence electrons. The molecule has 3 heterocycles. The van der Waals surface area contributed by atoms with Gasteiger partial charge in [0.25, 0.3) is 5.91 Å². The van der Waals surface area contributed by atoms with Gasteiger partial charge in [-0.25, -0.2) is 0 Å². The van der Waals surface area contributed by atoms with E-state index in [1.165, 1.54) is 0 Å². The smallest absolute Gasteiger partial charge is 0.271 e. The number of aliphatic hydroxyl groups excluding tert-OH is 1. The average Bonchev–Trinajstić information content (AvgIpc) is 3.64. The monoisotopic (exact) mass is 524 g/mol. The molecule has 5 rings (SSSR count). The minimum atomic E-state index is -1.01. The fourth-order valence-electron chi connectivity index (χ4n) is 6.73. The van der Waals surface area contributed by atoms with Gasteiger partial charge in [0.15, 0.2) is 5.78 Å². The topological polar surface area (TPSA) is 141 Å². The third-order valence-corrected chi connectivity index (χ3v) is 8.46. The molecule has 1 aliphatic carbocycles. The number of hydrogen-bond acceptors (Lipinski definition) is 6. The zero-order valence-corrected chi connectivity index (χ0v) is 22.1. The number of nitrogens with zero attached hydrogens (tertiary/aromatic N) is 1. The normalized spacial score (nSPS) is 26.7. The molecule has 0 unspecified atom stereocenters.